The van der Waals surface area contributed by atoms with Crippen molar-refractivity contribution in [1.82, 2.24) is 4.90 Å². The number of nitrogens with zero attached hydrogens (tertiary/aromatic N) is 1. The van der Waals surface area contributed by atoms with Crippen LogP contribution >= 0.6 is 0 Å². The summed E-state index contributed by atoms with van der Waals surface area (Å²) >= 11 is 0. The molecule has 1 amide bonds. The Balaban J connectivity index is 1.57. The van der Waals surface area contributed by atoms with Crippen LogP contribution < -0.4 is 16.8 Å². The zero-order chi connectivity index (χ0) is 20.1. The standard InChI is InChI=1S/C23H30N4O/c1-16(17(2)24)15-27-13-11-19(12-14-27)18-7-9-20(10-8-18)23(28)26-22-6-4-3-5-21(22)25/h3-10,19H,11-15,24-25H2,1-2H3,(H,26,28)/b17-16+. The predicted molar refractivity (Wildman–Crippen MR) is 116 cm³/mol. The number of amides is 1. The van der Waals surface area contributed by atoms with E-state index in [1.165, 1.54) is 11.1 Å². The number of benzene rings is 2. The van der Waals surface area contributed by atoms with Crippen LogP contribution in [-0.4, -0.2) is 30.4 Å². The zero-order valence-corrected chi connectivity index (χ0v) is 16.7. The van der Waals surface area contributed by atoms with Crippen molar-refractivity contribution in [3.05, 3.63) is 70.9 Å². The first kappa shape index (κ1) is 20.0. The molecule has 0 saturated carbocycles. The van der Waals surface area contributed by atoms with Crippen LogP contribution in [-0.2, 0) is 0 Å². The van der Waals surface area contributed by atoms with Crippen molar-refractivity contribution in [1.29, 1.82) is 0 Å². The summed E-state index contributed by atoms with van der Waals surface area (Å²) in [6, 6.07) is 15.3. The molecular weight excluding hydrogens is 348 g/mol. The Kier molecular flexibility index (Phi) is 6.37. The van der Waals surface area contributed by atoms with E-state index in [-0.39, 0.29) is 5.91 Å². The van der Waals surface area contributed by atoms with Gasteiger partial charge in [-0.2, -0.15) is 0 Å². The zero-order valence-electron chi connectivity index (χ0n) is 16.7. The first-order chi connectivity index (χ1) is 13.4. The van der Waals surface area contributed by atoms with E-state index in [0.717, 1.165) is 38.2 Å². The first-order valence-electron chi connectivity index (χ1n) is 9.84. The fourth-order valence-corrected chi connectivity index (χ4v) is 3.60. The maximum Gasteiger partial charge on any atom is 0.255 e. The molecule has 5 nitrogen and oxygen atoms in total. The van der Waals surface area contributed by atoms with Gasteiger partial charge in [-0.15, -0.1) is 0 Å². The quantitative estimate of drug-likeness (QED) is 0.688. The number of nitrogens with two attached hydrogens (primary N) is 2. The minimum absolute atomic E-state index is 0.140. The summed E-state index contributed by atoms with van der Waals surface area (Å²) in [6.45, 7) is 7.17. The minimum Gasteiger partial charge on any atom is -0.402 e. The third-order valence-electron chi connectivity index (χ3n) is 5.57. The van der Waals surface area contributed by atoms with Gasteiger partial charge < -0.3 is 16.8 Å². The lowest BCUT2D eigenvalue weighted by atomic mass is 9.89. The highest BCUT2D eigenvalue weighted by Crippen LogP contribution is 2.29. The van der Waals surface area contributed by atoms with Gasteiger partial charge in [0, 0.05) is 17.8 Å². The number of rotatable bonds is 5. The van der Waals surface area contributed by atoms with Crippen molar-refractivity contribution in [3.63, 3.8) is 0 Å². The van der Waals surface area contributed by atoms with Gasteiger partial charge >= 0.3 is 0 Å². The molecule has 1 aliphatic heterocycles. The lowest BCUT2D eigenvalue weighted by Crippen LogP contribution is -2.34. The Bertz CT molecular complexity index is 845. The van der Waals surface area contributed by atoms with Gasteiger partial charge in [0.25, 0.3) is 5.91 Å². The molecule has 0 bridgehead atoms. The van der Waals surface area contributed by atoms with E-state index in [9.17, 15) is 4.79 Å². The minimum atomic E-state index is -0.140. The van der Waals surface area contributed by atoms with Gasteiger partial charge in [-0.05, 0) is 81.1 Å². The van der Waals surface area contributed by atoms with Crippen LogP contribution in [0, 0.1) is 0 Å². The van der Waals surface area contributed by atoms with Gasteiger partial charge in [-0.25, -0.2) is 0 Å². The highest BCUT2D eigenvalue weighted by molar-refractivity contribution is 6.05. The van der Waals surface area contributed by atoms with Crippen molar-refractivity contribution in [2.75, 3.05) is 30.7 Å². The van der Waals surface area contributed by atoms with Gasteiger partial charge in [-0.3, -0.25) is 9.69 Å². The molecule has 1 saturated heterocycles. The van der Waals surface area contributed by atoms with Gasteiger partial charge in [0.15, 0.2) is 0 Å². The van der Waals surface area contributed by atoms with E-state index in [1.807, 2.05) is 31.2 Å². The number of para-hydroxylation sites is 2. The Labute approximate surface area is 167 Å². The van der Waals surface area contributed by atoms with E-state index >= 15 is 0 Å². The van der Waals surface area contributed by atoms with Crippen LogP contribution in [0.1, 0.15) is 48.5 Å². The second-order valence-corrected chi connectivity index (χ2v) is 7.68. The summed E-state index contributed by atoms with van der Waals surface area (Å²) in [5.41, 5.74) is 17.1. The molecule has 148 valence electrons. The number of nitrogen functional groups attached to an aromatic ring is 1. The second kappa shape index (κ2) is 8.93. The summed E-state index contributed by atoms with van der Waals surface area (Å²) in [4.78, 5) is 14.9. The Morgan fingerprint density at radius 3 is 2.32 bits per heavy atom. The molecule has 0 atom stereocenters. The summed E-state index contributed by atoms with van der Waals surface area (Å²) in [5, 5.41) is 2.87. The molecular formula is C23H30N4O. The van der Waals surface area contributed by atoms with Crippen LogP contribution in [0.4, 0.5) is 11.4 Å². The molecule has 28 heavy (non-hydrogen) atoms. The normalized spacial score (nSPS) is 16.5. The van der Waals surface area contributed by atoms with Crippen LogP contribution in [0.5, 0.6) is 0 Å². The number of nitrogens with one attached hydrogen (secondary N) is 1. The SMILES string of the molecule is C/C(N)=C(/C)CN1CCC(c2ccc(C(=O)Nc3ccccc3N)cc2)CC1. The molecule has 0 aromatic heterocycles. The molecule has 0 unspecified atom stereocenters. The number of anilines is 2. The van der Waals surface area contributed by atoms with Gasteiger partial charge in [0.2, 0.25) is 0 Å². The predicted octanol–water partition coefficient (Wildman–Crippen LogP) is 3.95. The molecule has 1 fully saturated rings. The fourth-order valence-electron chi connectivity index (χ4n) is 3.60. The van der Waals surface area contributed by atoms with Crippen molar-refractivity contribution in [2.45, 2.75) is 32.6 Å². The Morgan fingerprint density at radius 1 is 1.07 bits per heavy atom. The molecule has 2 aromatic rings. The third-order valence-corrected chi connectivity index (χ3v) is 5.57. The van der Waals surface area contributed by atoms with Crippen molar-refractivity contribution in [2.24, 2.45) is 5.73 Å². The van der Waals surface area contributed by atoms with Crippen LogP contribution in [0.2, 0.25) is 0 Å². The van der Waals surface area contributed by atoms with Crippen molar-refractivity contribution in [3.8, 4) is 0 Å². The highest BCUT2D eigenvalue weighted by atomic mass is 16.1. The molecule has 5 N–H and O–H groups in total. The van der Waals surface area contributed by atoms with Gasteiger partial charge in [0.1, 0.15) is 0 Å². The molecule has 3 rings (SSSR count). The molecule has 5 heteroatoms. The maximum atomic E-state index is 12.5. The van der Waals surface area contributed by atoms with Gasteiger partial charge in [-0.1, -0.05) is 24.3 Å². The topological polar surface area (TPSA) is 84.4 Å². The molecule has 1 aliphatic rings. The number of carbonyl (C=O) groups excluding carboxylic acids is 1. The van der Waals surface area contributed by atoms with E-state index in [1.54, 1.807) is 12.1 Å². The second-order valence-electron chi connectivity index (χ2n) is 7.68. The van der Waals surface area contributed by atoms with Crippen LogP contribution in [0.25, 0.3) is 0 Å². The van der Waals surface area contributed by atoms with Crippen LogP contribution in [0.3, 0.4) is 0 Å². The molecule has 0 aliphatic carbocycles. The summed E-state index contributed by atoms with van der Waals surface area (Å²) in [7, 11) is 0. The first-order valence-corrected chi connectivity index (χ1v) is 9.84. The lowest BCUT2D eigenvalue weighted by Gasteiger charge is -2.32. The smallest absolute Gasteiger partial charge is 0.255 e. The number of piperidine rings is 1. The van der Waals surface area contributed by atoms with Crippen molar-refractivity contribution < 1.29 is 4.79 Å². The summed E-state index contributed by atoms with van der Waals surface area (Å²) in [6.07, 6.45) is 2.26. The van der Waals surface area contributed by atoms with Crippen molar-refractivity contribution >= 4 is 17.3 Å². The van der Waals surface area contributed by atoms with E-state index < -0.39 is 0 Å². The number of hydrogen-bond acceptors (Lipinski definition) is 4. The number of likely N-dealkylation sites (tertiary alicyclic amines) is 1. The Morgan fingerprint density at radius 2 is 1.71 bits per heavy atom. The monoisotopic (exact) mass is 378 g/mol. The Hall–Kier alpha value is -2.79. The number of carbonyl (C=O) groups is 1. The molecule has 1 heterocycles. The largest absolute Gasteiger partial charge is 0.402 e. The number of hydrogen-bond donors (Lipinski definition) is 3. The molecule has 0 radical (unpaired) electrons. The average Bonchev–Trinajstić information content (AvgIpc) is 2.70. The average molecular weight is 379 g/mol. The van der Waals surface area contributed by atoms with E-state index in [2.05, 4.69) is 29.3 Å². The van der Waals surface area contributed by atoms with Gasteiger partial charge in [0.05, 0.1) is 11.4 Å². The number of allylic oxidation sites excluding steroid dienone is 1. The summed E-state index contributed by atoms with van der Waals surface area (Å²) < 4.78 is 0. The molecule has 0 spiro atoms. The summed E-state index contributed by atoms with van der Waals surface area (Å²) in [5.74, 6) is 0.403. The van der Waals surface area contributed by atoms with E-state index in [0.29, 0.717) is 22.9 Å². The maximum absolute atomic E-state index is 12.5. The lowest BCUT2D eigenvalue weighted by molar-refractivity contribution is 0.102. The van der Waals surface area contributed by atoms with E-state index in [4.69, 9.17) is 11.5 Å². The fraction of sp³-hybridized carbons (Fsp3) is 0.348. The highest BCUT2D eigenvalue weighted by Gasteiger charge is 2.21. The molecule has 2 aromatic carbocycles. The van der Waals surface area contributed by atoms with Crippen LogP contribution in [0.15, 0.2) is 59.8 Å². The third kappa shape index (κ3) is 4.93.